The lowest BCUT2D eigenvalue weighted by molar-refractivity contribution is 0.119. The highest BCUT2D eigenvalue weighted by Crippen LogP contribution is 2.18. The summed E-state index contributed by atoms with van der Waals surface area (Å²) in [6.45, 7) is 14.4. The van der Waals surface area contributed by atoms with E-state index in [0.717, 1.165) is 32.8 Å². The third-order valence-corrected chi connectivity index (χ3v) is 3.46. The number of rotatable bonds is 7. The Hall–Kier alpha value is -0.120. The van der Waals surface area contributed by atoms with Gasteiger partial charge in [-0.05, 0) is 39.3 Å². The predicted molar refractivity (Wildman–Crippen MR) is 68.8 cm³/mol. The normalized spacial score (nSPS) is 27.6. The third kappa shape index (κ3) is 4.81. The molecule has 3 heteroatoms. The number of likely N-dealkylation sites (N-methyl/N-ethyl adjacent to an activating group) is 1. The van der Waals surface area contributed by atoms with Crippen molar-refractivity contribution in [1.82, 2.24) is 10.2 Å². The molecule has 0 aromatic rings. The van der Waals surface area contributed by atoms with E-state index in [1.165, 1.54) is 6.42 Å². The van der Waals surface area contributed by atoms with Gasteiger partial charge in [-0.1, -0.05) is 13.8 Å². The van der Waals surface area contributed by atoms with E-state index in [-0.39, 0.29) is 0 Å². The highest BCUT2D eigenvalue weighted by Gasteiger charge is 2.22. The number of hydrogen-bond acceptors (Lipinski definition) is 3. The number of ether oxygens (including phenoxy) is 1. The average Bonchev–Trinajstić information content (AvgIpc) is 2.69. The van der Waals surface area contributed by atoms with Crippen molar-refractivity contribution in [3.8, 4) is 0 Å². The maximum Gasteiger partial charge on any atom is 0.0551 e. The molecule has 3 atom stereocenters. The molecule has 1 saturated heterocycles. The zero-order valence-corrected chi connectivity index (χ0v) is 11.3. The Labute approximate surface area is 101 Å². The van der Waals surface area contributed by atoms with Gasteiger partial charge in [0.2, 0.25) is 0 Å². The van der Waals surface area contributed by atoms with E-state index in [1.54, 1.807) is 0 Å². The molecule has 0 aromatic heterocycles. The summed E-state index contributed by atoms with van der Waals surface area (Å²) in [4.78, 5) is 2.46. The molecule has 96 valence electrons. The van der Waals surface area contributed by atoms with Crippen LogP contribution >= 0.6 is 0 Å². The van der Waals surface area contributed by atoms with Gasteiger partial charge in [0.1, 0.15) is 0 Å². The first-order chi connectivity index (χ1) is 7.65. The van der Waals surface area contributed by atoms with E-state index >= 15 is 0 Å². The van der Waals surface area contributed by atoms with Gasteiger partial charge in [-0.25, -0.2) is 0 Å². The third-order valence-electron chi connectivity index (χ3n) is 3.46. The summed E-state index contributed by atoms with van der Waals surface area (Å²) in [5.41, 5.74) is 0. The van der Waals surface area contributed by atoms with Crippen molar-refractivity contribution >= 4 is 0 Å². The molecule has 1 aliphatic heterocycles. The minimum atomic E-state index is 0.463. The minimum absolute atomic E-state index is 0.463. The van der Waals surface area contributed by atoms with Crippen LogP contribution in [0, 0.1) is 5.92 Å². The molecular weight excluding hydrogens is 200 g/mol. The molecule has 1 heterocycles. The molecule has 0 radical (unpaired) electrons. The predicted octanol–water partition coefficient (Wildman–Crippen LogP) is 1.73. The van der Waals surface area contributed by atoms with Crippen molar-refractivity contribution in [3.05, 3.63) is 0 Å². The van der Waals surface area contributed by atoms with Crippen LogP contribution in [0.25, 0.3) is 0 Å². The molecule has 0 aliphatic carbocycles. The molecule has 0 saturated carbocycles. The fourth-order valence-electron chi connectivity index (χ4n) is 2.35. The van der Waals surface area contributed by atoms with Gasteiger partial charge < -0.3 is 15.0 Å². The average molecular weight is 228 g/mol. The lowest BCUT2D eigenvalue weighted by Gasteiger charge is -2.24. The fourth-order valence-corrected chi connectivity index (χ4v) is 2.35. The zero-order valence-electron chi connectivity index (χ0n) is 11.3. The maximum absolute atomic E-state index is 5.57. The van der Waals surface area contributed by atoms with Gasteiger partial charge in [0.05, 0.1) is 12.7 Å². The number of nitrogens with one attached hydrogen (secondary N) is 1. The zero-order chi connectivity index (χ0) is 12.0. The molecule has 16 heavy (non-hydrogen) atoms. The van der Waals surface area contributed by atoms with E-state index in [1.807, 2.05) is 0 Å². The van der Waals surface area contributed by atoms with Crippen molar-refractivity contribution < 1.29 is 4.74 Å². The van der Waals surface area contributed by atoms with Crippen molar-refractivity contribution in [2.24, 2.45) is 5.92 Å². The second-order valence-corrected chi connectivity index (χ2v) is 5.04. The molecule has 0 amide bonds. The summed E-state index contributed by atoms with van der Waals surface area (Å²) < 4.78 is 5.57. The molecule has 0 spiro atoms. The van der Waals surface area contributed by atoms with Crippen LogP contribution in [0.15, 0.2) is 0 Å². The molecule has 1 aliphatic rings. The molecule has 0 bridgehead atoms. The SMILES string of the molecule is CCN(CC)CC(C)NCC1COC(C)C1. The number of hydrogen-bond donors (Lipinski definition) is 1. The van der Waals surface area contributed by atoms with Crippen molar-refractivity contribution in [2.75, 3.05) is 32.8 Å². The second-order valence-electron chi connectivity index (χ2n) is 5.04. The Morgan fingerprint density at radius 1 is 1.38 bits per heavy atom. The van der Waals surface area contributed by atoms with Crippen molar-refractivity contribution in [3.63, 3.8) is 0 Å². The van der Waals surface area contributed by atoms with E-state index in [2.05, 4.69) is 37.9 Å². The van der Waals surface area contributed by atoms with Gasteiger partial charge in [-0.15, -0.1) is 0 Å². The van der Waals surface area contributed by atoms with Crippen LogP contribution in [-0.4, -0.2) is 49.8 Å². The Morgan fingerprint density at radius 2 is 2.06 bits per heavy atom. The van der Waals surface area contributed by atoms with Gasteiger partial charge >= 0.3 is 0 Å². The maximum atomic E-state index is 5.57. The van der Waals surface area contributed by atoms with Crippen LogP contribution in [0.5, 0.6) is 0 Å². The summed E-state index contributed by atoms with van der Waals surface area (Å²) in [5.74, 6) is 0.717. The van der Waals surface area contributed by atoms with E-state index in [0.29, 0.717) is 18.1 Å². The van der Waals surface area contributed by atoms with Crippen LogP contribution in [0.3, 0.4) is 0 Å². The summed E-state index contributed by atoms with van der Waals surface area (Å²) in [7, 11) is 0. The lowest BCUT2D eigenvalue weighted by Crippen LogP contribution is -2.41. The smallest absolute Gasteiger partial charge is 0.0551 e. The first kappa shape index (κ1) is 13.9. The summed E-state index contributed by atoms with van der Waals surface area (Å²) in [5, 5.41) is 3.62. The van der Waals surface area contributed by atoms with Gasteiger partial charge in [-0.3, -0.25) is 0 Å². The summed E-state index contributed by atoms with van der Waals surface area (Å²) >= 11 is 0. The quantitative estimate of drug-likeness (QED) is 0.718. The van der Waals surface area contributed by atoms with Crippen molar-refractivity contribution in [1.29, 1.82) is 0 Å². The van der Waals surface area contributed by atoms with Crippen LogP contribution < -0.4 is 5.32 Å². The van der Waals surface area contributed by atoms with Gasteiger partial charge in [0, 0.05) is 19.1 Å². The molecule has 1 fully saturated rings. The van der Waals surface area contributed by atoms with Crippen LogP contribution in [0.2, 0.25) is 0 Å². The summed E-state index contributed by atoms with van der Waals surface area (Å²) in [6, 6.07) is 0.579. The second kappa shape index (κ2) is 7.25. The first-order valence-corrected chi connectivity index (χ1v) is 6.73. The highest BCUT2D eigenvalue weighted by atomic mass is 16.5. The topological polar surface area (TPSA) is 24.5 Å². The van der Waals surface area contributed by atoms with Crippen LogP contribution in [-0.2, 0) is 4.74 Å². The lowest BCUT2D eigenvalue weighted by atomic mass is 10.1. The Morgan fingerprint density at radius 3 is 2.56 bits per heavy atom. The Bertz CT molecular complexity index is 183. The van der Waals surface area contributed by atoms with Gasteiger partial charge in [0.25, 0.3) is 0 Å². The monoisotopic (exact) mass is 228 g/mol. The standard InChI is InChI=1S/C13H28N2O/c1-5-15(6-2)9-11(3)14-8-13-7-12(4)16-10-13/h11-14H,5-10H2,1-4H3. The first-order valence-electron chi connectivity index (χ1n) is 6.73. The van der Waals surface area contributed by atoms with E-state index in [4.69, 9.17) is 4.74 Å². The summed E-state index contributed by atoms with van der Waals surface area (Å²) in [6.07, 6.45) is 1.68. The van der Waals surface area contributed by atoms with Crippen LogP contribution in [0.4, 0.5) is 0 Å². The molecule has 3 unspecified atom stereocenters. The molecular formula is C13H28N2O. The Balaban J connectivity index is 2.12. The van der Waals surface area contributed by atoms with Crippen molar-refractivity contribution in [2.45, 2.75) is 46.3 Å². The van der Waals surface area contributed by atoms with Gasteiger partial charge in [0.15, 0.2) is 0 Å². The highest BCUT2D eigenvalue weighted by molar-refractivity contribution is 4.75. The molecule has 3 nitrogen and oxygen atoms in total. The minimum Gasteiger partial charge on any atom is -0.378 e. The van der Waals surface area contributed by atoms with E-state index < -0.39 is 0 Å². The Kier molecular flexibility index (Phi) is 6.32. The molecule has 0 aromatic carbocycles. The van der Waals surface area contributed by atoms with E-state index in [9.17, 15) is 0 Å². The fraction of sp³-hybridized carbons (Fsp3) is 1.00. The largest absolute Gasteiger partial charge is 0.378 e. The number of nitrogens with zero attached hydrogens (tertiary/aromatic N) is 1. The molecule has 1 rings (SSSR count). The van der Waals surface area contributed by atoms with Crippen LogP contribution in [0.1, 0.15) is 34.1 Å². The molecule has 1 N–H and O–H groups in total. The van der Waals surface area contributed by atoms with Gasteiger partial charge in [-0.2, -0.15) is 0 Å².